The maximum atomic E-state index is 13.7. The van der Waals surface area contributed by atoms with Crippen LogP contribution in [-0.2, 0) is 21.6 Å². The summed E-state index contributed by atoms with van der Waals surface area (Å²) in [6.07, 6.45) is 2.48. The Hall–Kier alpha value is -3.26. The number of hydrogen-bond acceptors (Lipinski definition) is 6. The molecule has 2 aromatic rings. The minimum atomic E-state index is -0.870. The van der Waals surface area contributed by atoms with E-state index in [1.165, 1.54) is 0 Å². The van der Waals surface area contributed by atoms with Gasteiger partial charge < -0.3 is 19.3 Å². The first kappa shape index (κ1) is 28.7. The Balaban J connectivity index is 1.87. The molecule has 4 rings (SSSR count). The van der Waals surface area contributed by atoms with Crippen LogP contribution in [0.3, 0.4) is 0 Å². The number of nitrogens with one attached hydrogen (secondary N) is 1. The molecule has 0 aliphatic carbocycles. The number of anilines is 2. The number of hydrogen-bond donors (Lipinski definition) is 1. The number of carbonyl (C=O) groups is 2. The minimum Gasteiger partial charge on any atom is -0.495 e. The van der Waals surface area contributed by atoms with E-state index in [9.17, 15) is 9.59 Å². The van der Waals surface area contributed by atoms with E-state index in [4.69, 9.17) is 9.47 Å². The monoisotopic (exact) mass is 536 g/mol. The van der Waals surface area contributed by atoms with Gasteiger partial charge in [-0.25, -0.2) is 4.79 Å². The zero-order valence-electron chi connectivity index (χ0n) is 24.7. The number of ether oxygens (including phenoxy) is 2. The highest BCUT2D eigenvalue weighted by Gasteiger charge is 2.52. The van der Waals surface area contributed by atoms with E-state index in [1.54, 1.807) is 7.11 Å². The van der Waals surface area contributed by atoms with Crippen molar-refractivity contribution >= 4 is 23.4 Å². The van der Waals surface area contributed by atoms with Gasteiger partial charge in [0.1, 0.15) is 17.0 Å². The first-order chi connectivity index (χ1) is 18.4. The van der Waals surface area contributed by atoms with Gasteiger partial charge in [0.05, 0.1) is 18.8 Å². The van der Waals surface area contributed by atoms with E-state index in [0.717, 1.165) is 41.1 Å². The number of likely N-dealkylation sites (tertiary alicyclic amines) is 1. The van der Waals surface area contributed by atoms with E-state index in [0.29, 0.717) is 19.4 Å². The number of nitrogens with zero attached hydrogens (tertiary/aromatic N) is 3. The van der Waals surface area contributed by atoms with E-state index >= 15 is 0 Å². The summed E-state index contributed by atoms with van der Waals surface area (Å²) in [5, 5.41) is 3.56. The standard InChI is InChI=1S/C31H44N4O4/c1-21(2)35-24-20-25(26(38-8)19-22(24)16-17-28(35)36)33(7)27-15-12-18-34(29(37)39-30(3,4)5)31(27,32-6)23-13-10-9-11-14-23/h9-11,13-14,19-21,27,32H,12,15-18H2,1-8H3/t27-,31-/m0/s1. The number of carbonyl (C=O) groups excluding carboxylic acids is 2. The first-order valence-electron chi connectivity index (χ1n) is 14.0. The lowest BCUT2D eigenvalue weighted by molar-refractivity contribution is -0.119. The molecule has 0 bridgehead atoms. The molecule has 212 valence electrons. The molecule has 2 atom stereocenters. The number of amides is 2. The number of rotatable bonds is 6. The quantitative estimate of drug-likeness (QED) is 0.541. The number of aryl methyl sites for hydroxylation is 1. The van der Waals surface area contributed by atoms with Gasteiger partial charge in [-0.3, -0.25) is 15.0 Å². The normalized spacial score (nSPS) is 21.6. The highest BCUT2D eigenvalue weighted by molar-refractivity contribution is 5.98. The topological polar surface area (TPSA) is 74.4 Å². The van der Waals surface area contributed by atoms with Crippen molar-refractivity contribution in [2.45, 2.75) is 83.6 Å². The Morgan fingerprint density at radius 1 is 1.15 bits per heavy atom. The molecule has 8 nitrogen and oxygen atoms in total. The fraction of sp³-hybridized carbons (Fsp3) is 0.548. The largest absolute Gasteiger partial charge is 0.495 e. The van der Waals surface area contributed by atoms with Crippen molar-refractivity contribution < 1.29 is 19.1 Å². The third-order valence-electron chi connectivity index (χ3n) is 7.86. The average molecular weight is 537 g/mol. The number of benzene rings is 2. The lowest BCUT2D eigenvalue weighted by Crippen LogP contribution is -2.70. The number of fused-ring (bicyclic) bond motifs is 1. The maximum absolute atomic E-state index is 13.7. The van der Waals surface area contributed by atoms with Crippen LogP contribution >= 0.6 is 0 Å². The molecule has 1 fully saturated rings. The van der Waals surface area contributed by atoms with Crippen molar-refractivity contribution in [1.82, 2.24) is 10.2 Å². The zero-order chi connectivity index (χ0) is 28.5. The SMILES string of the molecule is CN[C@]1(c2ccccc2)[C@@H](N(C)c2cc3c(cc2OC)CCC(=O)N3C(C)C)CCCN1C(=O)OC(C)(C)C. The van der Waals surface area contributed by atoms with E-state index in [2.05, 4.69) is 34.5 Å². The van der Waals surface area contributed by atoms with Crippen LogP contribution < -0.4 is 19.9 Å². The van der Waals surface area contributed by atoms with Crippen molar-refractivity contribution in [3.05, 3.63) is 53.6 Å². The molecule has 2 aliphatic heterocycles. The van der Waals surface area contributed by atoms with Crippen molar-refractivity contribution in [1.29, 1.82) is 0 Å². The summed E-state index contributed by atoms with van der Waals surface area (Å²) in [6, 6.07) is 14.1. The van der Waals surface area contributed by atoms with Crippen LogP contribution in [0.25, 0.3) is 0 Å². The van der Waals surface area contributed by atoms with Crippen LogP contribution in [0.4, 0.5) is 16.2 Å². The summed E-state index contributed by atoms with van der Waals surface area (Å²) in [6.45, 7) is 10.3. The fourth-order valence-electron chi connectivity index (χ4n) is 6.21. The van der Waals surface area contributed by atoms with Crippen LogP contribution in [0.15, 0.2) is 42.5 Å². The average Bonchev–Trinajstić information content (AvgIpc) is 2.90. The van der Waals surface area contributed by atoms with Gasteiger partial charge in [-0.15, -0.1) is 0 Å². The molecule has 2 amide bonds. The predicted molar refractivity (Wildman–Crippen MR) is 155 cm³/mol. The van der Waals surface area contributed by atoms with Crippen LogP contribution in [0.1, 0.15) is 65.0 Å². The second kappa shape index (κ2) is 11.1. The predicted octanol–water partition coefficient (Wildman–Crippen LogP) is 5.29. The molecule has 0 aromatic heterocycles. The molecule has 0 radical (unpaired) electrons. The Kier molecular flexibility index (Phi) is 8.17. The molecular formula is C31H44N4O4. The molecule has 2 aromatic carbocycles. The van der Waals surface area contributed by atoms with Gasteiger partial charge in [-0.2, -0.15) is 0 Å². The molecule has 0 saturated carbocycles. The molecule has 1 N–H and O–H groups in total. The molecule has 0 spiro atoms. The summed E-state index contributed by atoms with van der Waals surface area (Å²) in [5.41, 5.74) is 2.40. The number of piperidine rings is 1. The second-order valence-electron chi connectivity index (χ2n) is 11.8. The summed E-state index contributed by atoms with van der Waals surface area (Å²) >= 11 is 0. The van der Waals surface area contributed by atoms with Gasteiger partial charge >= 0.3 is 6.09 Å². The van der Waals surface area contributed by atoms with Crippen LogP contribution in [0, 0.1) is 0 Å². The maximum Gasteiger partial charge on any atom is 0.412 e. The molecule has 1 saturated heterocycles. The van der Waals surface area contributed by atoms with Gasteiger partial charge in [0, 0.05) is 31.7 Å². The highest BCUT2D eigenvalue weighted by atomic mass is 16.6. The van der Waals surface area contributed by atoms with Crippen molar-refractivity contribution in [2.24, 2.45) is 0 Å². The van der Waals surface area contributed by atoms with Crippen molar-refractivity contribution in [3.8, 4) is 5.75 Å². The Bertz CT molecular complexity index is 1190. The molecular weight excluding hydrogens is 492 g/mol. The summed E-state index contributed by atoms with van der Waals surface area (Å²) < 4.78 is 11.8. The van der Waals surface area contributed by atoms with Gasteiger partial charge in [-0.05, 0) is 84.2 Å². The van der Waals surface area contributed by atoms with Crippen molar-refractivity contribution in [2.75, 3.05) is 37.5 Å². The lowest BCUT2D eigenvalue weighted by Gasteiger charge is -2.54. The van der Waals surface area contributed by atoms with Crippen LogP contribution in [0.5, 0.6) is 5.75 Å². The Labute approximate surface area is 233 Å². The Morgan fingerprint density at radius 2 is 1.85 bits per heavy atom. The third kappa shape index (κ3) is 5.31. The van der Waals surface area contributed by atoms with E-state index in [1.807, 2.05) is 76.7 Å². The van der Waals surface area contributed by atoms with Crippen LogP contribution in [0.2, 0.25) is 0 Å². The molecule has 2 heterocycles. The first-order valence-corrected chi connectivity index (χ1v) is 14.0. The summed E-state index contributed by atoms with van der Waals surface area (Å²) in [5.74, 6) is 0.889. The number of methoxy groups -OCH3 is 1. The van der Waals surface area contributed by atoms with Crippen molar-refractivity contribution in [3.63, 3.8) is 0 Å². The van der Waals surface area contributed by atoms with Gasteiger partial charge in [0.15, 0.2) is 0 Å². The number of likely N-dealkylation sites (N-methyl/N-ethyl adjacent to an activating group) is 2. The molecule has 0 unspecified atom stereocenters. The molecule has 2 aliphatic rings. The van der Waals surface area contributed by atoms with Gasteiger partial charge in [0.2, 0.25) is 5.91 Å². The molecule has 39 heavy (non-hydrogen) atoms. The minimum absolute atomic E-state index is 0.0427. The van der Waals surface area contributed by atoms with Gasteiger partial charge in [-0.1, -0.05) is 30.3 Å². The van der Waals surface area contributed by atoms with Crippen LogP contribution in [-0.4, -0.2) is 62.3 Å². The Morgan fingerprint density at radius 3 is 2.44 bits per heavy atom. The lowest BCUT2D eigenvalue weighted by atomic mass is 9.82. The third-order valence-corrected chi connectivity index (χ3v) is 7.86. The molecule has 8 heteroatoms. The highest BCUT2D eigenvalue weighted by Crippen LogP contribution is 2.45. The second-order valence-corrected chi connectivity index (χ2v) is 11.8. The fourth-order valence-corrected chi connectivity index (χ4v) is 6.21. The zero-order valence-corrected chi connectivity index (χ0v) is 24.7. The van der Waals surface area contributed by atoms with E-state index < -0.39 is 11.3 Å². The summed E-state index contributed by atoms with van der Waals surface area (Å²) in [4.78, 5) is 32.6. The van der Waals surface area contributed by atoms with E-state index in [-0.39, 0.29) is 24.1 Å². The smallest absolute Gasteiger partial charge is 0.412 e. The summed E-state index contributed by atoms with van der Waals surface area (Å²) in [7, 11) is 5.64. The van der Waals surface area contributed by atoms with Gasteiger partial charge in [0.25, 0.3) is 0 Å².